The molecule has 1 aliphatic rings. The molecule has 6 heteroatoms. The zero-order valence-electron chi connectivity index (χ0n) is 19.3. The zero-order chi connectivity index (χ0) is 22.2. The number of hydrogen-bond donors (Lipinski definition) is 0. The maximum absolute atomic E-state index is 4.90. The Kier molecular flexibility index (Phi) is 5.29. The van der Waals surface area contributed by atoms with Crippen molar-refractivity contribution in [2.45, 2.75) is 34.1 Å². The minimum Gasteiger partial charge on any atom is -0.368 e. The van der Waals surface area contributed by atoms with Gasteiger partial charge in [-0.2, -0.15) is 9.50 Å². The molecule has 4 aromatic rings. The van der Waals surface area contributed by atoms with Crippen molar-refractivity contribution in [2.75, 3.05) is 36.0 Å². The summed E-state index contributed by atoms with van der Waals surface area (Å²) in [6.07, 6.45) is 0.918. The lowest BCUT2D eigenvalue weighted by Crippen LogP contribution is -2.47. The standard InChI is InChI=1S/C26H30N6/c1-5-22-20(4)27-26-28-24(21-11-7-6-8-12-21)29-32(26)25(22)31-16-14-30(15-17-31)23-13-9-10-18(2)19(23)3/h6-13H,5,14-17H2,1-4H3. The van der Waals surface area contributed by atoms with Gasteiger partial charge in [-0.3, -0.25) is 0 Å². The molecule has 1 fully saturated rings. The van der Waals surface area contributed by atoms with Crippen LogP contribution in [0.5, 0.6) is 0 Å². The van der Waals surface area contributed by atoms with Crippen molar-refractivity contribution < 1.29 is 0 Å². The highest BCUT2D eigenvalue weighted by Crippen LogP contribution is 2.29. The van der Waals surface area contributed by atoms with Crippen LogP contribution < -0.4 is 9.80 Å². The predicted octanol–water partition coefficient (Wildman–Crippen LogP) is 4.61. The number of fused-ring (bicyclic) bond motifs is 1. The van der Waals surface area contributed by atoms with E-state index in [0.29, 0.717) is 5.78 Å². The molecule has 1 aliphatic heterocycles. The van der Waals surface area contributed by atoms with Crippen molar-refractivity contribution in [1.82, 2.24) is 19.6 Å². The highest BCUT2D eigenvalue weighted by Gasteiger charge is 2.25. The van der Waals surface area contributed by atoms with Gasteiger partial charge in [0.15, 0.2) is 5.82 Å². The van der Waals surface area contributed by atoms with E-state index in [0.717, 1.165) is 55.5 Å². The second-order valence-electron chi connectivity index (χ2n) is 8.56. The van der Waals surface area contributed by atoms with Gasteiger partial charge in [-0.25, -0.2) is 4.98 Å². The van der Waals surface area contributed by atoms with E-state index in [1.807, 2.05) is 34.8 Å². The summed E-state index contributed by atoms with van der Waals surface area (Å²) in [5.74, 6) is 2.54. The number of anilines is 2. The minimum absolute atomic E-state index is 0.672. The fourth-order valence-corrected chi connectivity index (χ4v) is 4.71. The lowest BCUT2D eigenvalue weighted by atomic mass is 10.1. The molecule has 0 atom stereocenters. The first-order valence-electron chi connectivity index (χ1n) is 11.4. The highest BCUT2D eigenvalue weighted by atomic mass is 15.4. The van der Waals surface area contributed by atoms with E-state index in [1.54, 1.807) is 0 Å². The maximum Gasteiger partial charge on any atom is 0.254 e. The number of nitrogens with zero attached hydrogens (tertiary/aromatic N) is 6. The molecule has 5 rings (SSSR count). The zero-order valence-corrected chi connectivity index (χ0v) is 19.3. The Balaban J connectivity index is 1.51. The highest BCUT2D eigenvalue weighted by molar-refractivity contribution is 5.62. The first kappa shape index (κ1) is 20.5. The Labute approximate surface area is 189 Å². The van der Waals surface area contributed by atoms with Crippen molar-refractivity contribution in [3.63, 3.8) is 0 Å². The molecule has 2 aromatic heterocycles. The Hall–Kier alpha value is -3.41. The summed E-state index contributed by atoms with van der Waals surface area (Å²) in [5, 5.41) is 4.90. The van der Waals surface area contributed by atoms with Crippen molar-refractivity contribution in [3.8, 4) is 11.4 Å². The quantitative estimate of drug-likeness (QED) is 0.477. The molecule has 0 spiro atoms. The Bertz CT molecular complexity index is 1250. The van der Waals surface area contributed by atoms with E-state index in [9.17, 15) is 0 Å². The van der Waals surface area contributed by atoms with Crippen LogP contribution in [0, 0.1) is 20.8 Å². The number of piperazine rings is 1. The van der Waals surface area contributed by atoms with Crippen molar-refractivity contribution in [3.05, 3.63) is 70.9 Å². The molecule has 1 saturated heterocycles. The van der Waals surface area contributed by atoms with Crippen LogP contribution in [0.1, 0.15) is 29.3 Å². The van der Waals surface area contributed by atoms with Gasteiger partial charge in [0.25, 0.3) is 5.78 Å². The average Bonchev–Trinajstić information content (AvgIpc) is 3.24. The maximum atomic E-state index is 4.90. The molecular weight excluding hydrogens is 396 g/mol. The fraction of sp³-hybridized carbons (Fsp3) is 0.346. The van der Waals surface area contributed by atoms with E-state index in [4.69, 9.17) is 15.1 Å². The molecule has 2 aromatic carbocycles. The van der Waals surface area contributed by atoms with Crippen LogP contribution in [0.4, 0.5) is 11.5 Å². The number of hydrogen-bond acceptors (Lipinski definition) is 5. The molecule has 164 valence electrons. The molecule has 0 bridgehead atoms. The van der Waals surface area contributed by atoms with Gasteiger partial charge in [0.1, 0.15) is 5.82 Å². The van der Waals surface area contributed by atoms with Gasteiger partial charge in [0.2, 0.25) is 0 Å². The second-order valence-corrected chi connectivity index (χ2v) is 8.56. The van der Waals surface area contributed by atoms with Crippen LogP contribution in [0.25, 0.3) is 17.2 Å². The largest absolute Gasteiger partial charge is 0.368 e. The van der Waals surface area contributed by atoms with Gasteiger partial charge < -0.3 is 9.80 Å². The number of aryl methyl sites for hydroxylation is 2. The van der Waals surface area contributed by atoms with Crippen molar-refractivity contribution in [1.29, 1.82) is 0 Å². The van der Waals surface area contributed by atoms with E-state index >= 15 is 0 Å². The molecule has 0 N–H and O–H groups in total. The van der Waals surface area contributed by atoms with Crippen LogP contribution in [0.15, 0.2) is 48.5 Å². The summed E-state index contributed by atoms with van der Waals surface area (Å²) < 4.78 is 1.96. The third-order valence-corrected chi connectivity index (χ3v) is 6.65. The average molecular weight is 427 g/mol. The molecule has 32 heavy (non-hydrogen) atoms. The van der Waals surface area contributed by atoms with Crippen LogP contribution in [0.2, 0.25) is 0 Å². The molecule has 3 heterocycles. The fourth-order valence-electron chi connectivity index (χ4n) is 4.71. The molecule has 0 amide bonds. The molecular formula is C26H30N6. The summed E-state index contributed by atoms with van der Waals surface area (Å²) in [5.41, 5.74) is 7.38. The monoisotopic (exact) mass is 426 g/mol. The van der Waals surface area contributed by atoms with Gasteiger partial charge >= 0.3 is 0 Å². The Morgan fingerprint density at radius 2 is 1.53 bits per heavy atom. The first-order valence-corrected chi connectivity index (χ1v) is 11.4. The lowest BCUT2D eigenvalue weighted by molar-refractivity contribution is 0.633. The first-order chi connectivity index (χ1) is 15.6. The molecule has 0 aliphatic carbocycles. The van der Waals surface area contributed by atoms with E-state index in [2.05, 4.69) is 55.7 Å². The molecule has 0 saturated carbocycles. The third-order valence-electron chi connectivity index (χ3n) is 6.65. The van der Waals surface area contributed by atoms with Crippen LogP contribution in [0.3, 0.4) is 0 Å². The third kappa shape index (κ3) is 3.49. The van der Waals surface area contributed by atoms with Gasteiger partial charge in [-0.1, -0.05) is 49.4 Å². The summed E-state index contributed by atoms with van der Waals surface area (Å²) in [4.78, 5) is 14.5. The van der Waals surface area contributed by atoms with Crippen LogP contribution >= 0.6 is 0 Å². The van der Waals surface area contributed by atoms with Gasteiger partial charge in [-0.05, 0) is 44.4 Å². The normalized spacial score (nSPS) is 14.4. The summed E-state index contributed by atoms with van der Waals surface area (Å²) in [6.45, 7) is 12.6. The number of benzene rings is 2. The van der Waals surface area contributed by atoms with Gasteiger partial charge in [0.05, 0.1) is 0 Å². The second kappa shape index (κ2) is 8.26. The van der Waals surface area contributed by atoms with Gasteiger partial charge in [0, 0.05) is 48.7 Å². The summed E-state index contributed by atoms with van der Waals surface area (Å²) in [6, 6.07) is 16.7. The summed E-state index contributed by atoms with van der Waals surface area (Å²) in [7, 11) is 0. The minimum atomic E-state index is 0.672. The van der Waals surface area contributed by atoms with Crippen molar-refractivity contribution in [2.24, 2.45) is 0 Å². The molecule has 6 nitrogen and oxygen atoms in total. The molecule has 0 unspecified atom stereocenters. The number of aromatic nitrogens is 4. The number of rotatable bonds is 4. The lowest BCUT2D eigenvalue weighted by Gasteiger charge is -2.38. The Morgan fingerprint density at radius 1 is 0.812 bits per heavy atom. The SMILES string of the molecule is CCc1c(C)nc2nc(-c3ccccc3)nn2c1N1CCN(c2cccc(C)c2C)CC1. The molecule has 0 radical (unpaired) electrons. The van der Waals surface area contributed by atoms with Crippen molar-refractivity contribution >= 4 is 17.3 Å². The van der Waals surface area contributed by atoms with Gasteiger partial charge in [-0.15, -0.1) is 5.10 Å². The van der Waals surface area contributed by atoms with E-state index in [-0.39, 0.29) is 0 Å². The summed E-state index contributed by atoms with van der Waals surface area (Å²) >= 11 is 0. The topological polar surface area (TPSA) is 49.6 Å². The van der Waals surface area contributed by atoms with E-state index < -0.39 is 0 Å². The van der Waals surface area contributed by atoms with Crippen LogP contribution in [-0.2, 0) is 6.42 Å². The van der Waals surface area contributed by atoms with E-state index in [1.165, 1.54) is 22.4 Å². The Morgan fingerprint density at radius 3 is 2.25 bits per heavy atom. The van der Waals surface area contributed by atoms with Crippen LogP contribution in [-0.4, -0.2) is 45.8 Å². The predicted molar refractivity (Wildman–Crippen MR) is 131 cm³/mol. The smallest absolute Gasteiger partial charge is 0.254 e.